The van der Waals surface area contributed by atoms with Gasteiger partial charge in [-0.3, -0.25) is 4.79 Å². The smallest absolute Gasteiger partial charge is 0.248 e. The van der Waals surface area contributed by atoms with Gasteiger partial charge in [0, 0.05) is 26.6 Å². The van der Waals surface area contributed by atoms with Crippen molar-refractivity contribution >= 4 is 16.9 Å². The van der Waals surface area contributed by atoms with Gasteiger partial charge in [-0.15, -0.1) is 0 Å². The predicted molar refractivity (Wildman–Crippen MR) is 91.8 cm³/mol. The lowest BCUT2D eigenvalue weighted by Crippen LogP contribution is -2.37. The summed E-state index contributed by atoms with van der Waals surface area (Å²) in [6, 6.07) is 4.52. The summed E-state index contributed by atoms with van der Waals surface area (Å²) in [5, 5.41) is 2.86. The van der Waals surface area contributed by atoms with Gasteiger partial charge in [-0.1, -0.05) is 0 Å². The van der Waals surface area contributed by atoms with Crippen LogP contribution < -0.4 is 5.32 Å². The number of halogens is 1. The van der Waals surface area contributed by atoms with Gasteiger partial charge in [0.05, 0.1) is 23.7 Å². The molecule has 1 N–H and O–H groups in total. The van der Waals surface area contributed by atoms with Crippen LogP contribution in [0.1, 0.15) is 25.6 Å². The summed E-state index contributed by atoms with van der Waals surface area (Å²) in [6.07, 6.45) is 2.20. The lowest BCUT2D eigenvalue weighted by atomic mass is 10.2. The quantitative estimate of drug-likeness (QED) is 0.830. The number of aromatic nitrogens is 2. The lowest BCUT2D eigenvalue weighted by Gasteiger charge is -2.16. The van der Waals surface area contributed by atoms with E-state index in [0.29, 0.717) is 19.6 Å². The zero-order valence-electron chi connectivity index (χ0n) is 14.6. The van der Waals surface area contributed by atoms with Crippen LogP contribution in [-0.2, 0) is 27.7 Å². The average Bonchev–Trinajstić information content (AvgIpc) is 3.22. The molecule has 1 aliphatic heterocycles. The number of rotatable bonds is 7. The predicted octanol–water partition coefficient (Wildman–Crippen LogP) is 1.96. The number of carbonyl (C=O) groups excluding carboxylic acids is 1. The molecule has 0 saturated carbocycles. The van der Waals surface area contributed by atoms with Crippen molar-refractivity contribution in [3.63, 3.8) is 0 Å². The molecule has 6 nitrogen and oxygen atoms in total. The largest absolute Gasteiger partial charge is 0.376 e. The van der Waals surface area contributed by atoms with E-state index in [4.69, 9.17) is 9.47 Å². The molecule has 2 heterocycles. The van der Waals surface area contributed by atoms with Crippen molar-refractivity contribution in [3.8, 4) is 0 Å². The number of carbonyl (C=O) groups is 1. The standard InChI is InChI=1S/C18H24FN3O3/c1-12(25-11-14-4-3-9-24-14)18(23)20-8-7-17-21-15-6-5-13(19)10-16(15)22(17)2/h5-6,10,12,14H,3-4,7-9,11H2,1-2H3,(H,20,23). The summed E-state index contributed by atoms with van der Waals surface area (Å²) in [5.74, 6) is 0.365. The van der Waals surface area contributed by atoms with Crippen LogP contribution in [0.4, 0.5) is 4.39 Å². The number of aryl methyl sites for hydroxylation is 1. The van der Waals surface area contributed by atoms with E-state index < -0.39 is 6.10 Å². The molecule has 2 atom stereocenters. The van der Waals surface area contributed by atoms with Crippen molar-refractivity contribution in [3.05, 3.63) is 29.8 Å². The number of hydrogen-bond donors (Lipinski definition) is 1. The molecule has 7 heteroatoms. The summed E-state index contributed by atoms with van der Waals surface area (Å²) in [6.45, 7) is 3.41. The van der Waals surface area contributed by atoms with Crippen LogP contribution in [0.2, 0.25) is 0 Å². The van der Waals surface area contributed by atoms with Gasteiger partial charge in [-0.25, -0.2) is 9.37 Å². The maximum atomic E-state index is 13.3. The van der Waals surface area contributed by atoms with Gasteiger partial charge in [0.1, 0.15) is 17.7 Å². The van der Waals surface area contributed by atoms with Gasteiger partial charge in [-0.2, -0.15) is 0 Å². The number of fused-ring (bicyclic) bond motifs is 1. The minimum absolute atomic E-state index is 0.107. The van der Waals surface area contributed by atoms with Gasteiger partial charge in [-0.05, 0) is 38.0 Å². The van der Waals surface area contributed by atoms with E-state index in [1.54, 1.807) is 13.0 Å². The molecule has 1 fully saturated rings. The fourth-order valence-corrected chi connectivity index (χ4v) is 2.98. The second kappa shape index (κ2) is 7.93. The van der Waals surface area contributed by atoms with Gasteiger partial charge >= 0.3 is 0 Å². The maximum absolute atomic E-state index is 13.3. The van der Waals surface area contributed by atoms with E-state index >= 15 is 0 Å². The SMILES string of the molecule is CC(OCC1CCCO1)C(=O)NCCc1nc2ccc(F)cc2n1C. The Morgan fingerprint density at radius 1 is 1.56 bits per heavy atom. The third-order valence-corrected chi connectivity index (χ3v) is 4.51. The monoisotopic (exact) mass is 349 g/mol. The zero-order chi connectivity index (χ0) is 17.8. The Labute approximate surface area is 146 Å². The summed E-state index contributed by atoms with van der Waals surface area (Å²) >= 11 is 0. The molecule has 1 saturated heterocycles. The summed E-state index contributed by atoms with van der Waals surface area (Å²) in [4.78, 5) is 16.6. The highest BCUT2D eigenvalue weighted by Gasteiger charge is 2.19. The third kappa shape index (κ3) is 4.35. The van der Waals surface area contributed by atoms with E-state index in [1.807, 2.05) is 11.6 Å². The van der Waals surface area contributed by atoms with Crippen molar-refractivity contribution in [2.75, 3.05) is 19.8 Å². The Morgan fingerprint density at radius 3 is 3.16 bits per heavy atom. The molecular weight excluding hydrogens is 325 g/mol. The fraction of sp³-hybridized carbons (Fsp3) is 0.556. The van der Waals surface area contributed by atoms with Crippen molar-refractivity contribution in [1.82, 2.24) is 14.9 Å². The minimum Gasteiger partial charge on any atom is -0.376 e. The second-order valence-corrected chi connectivity index (χ2v) is 6.37. The lowest BCUT2D eigenvalue weighted by molar-refractivity contribution is -0.133. The average molecular weight is 349 g/mol. The number of hydrogen-bond acceptors (Lipinski definition) is 4. The van der Waals surface area contributed by atoms with E-state index in [1.165, 1.54) is 12.1 Å². The van der Waals surface area contributed by atoms with Crippen LogP contribution in [0.5, 0.6) is 0 Å². The molecule has 0 aliphatic carbocycles. The summed E-state index contributed by atoms with van der Waals surface area (Å²) < 4.78 is 26.2. The molecule has 136 valence electrons. The number of nitrogens with zero attached hydrogens (tertiary/aromatic N) is 2. The molecule has 2 unspecified atom stereocenters. The molecule has 1 aliphatic rings. The highest BCUT2D eigenvalue weighted by molar-refractivity contribution is 5.80. The van der Waals surface area contributed by atoms with Crippen LogP contribution in [0.25, 0.3) is 11.0 Å². The normalized spacial score (nSPS) is 18.6. The molecule has 1 amide bonds. The Hall–Kier alpha value is -1.99. The molecule has 25 heavy (non-hydrogen) atoms. The zero-order valence-corrected chi connectivity index (χ0v) is 14.6. The number of ether oxygens (including phenoxy) is 2. The Kier molecular flexibility index (Phi) is 5.65. The van der Waals surface area contributed by atoms with Crippen molar-refractivity contribution in [2.45, 2.75) is 38.4 Å². The van der Waals surface area contributed by atoms with Crippen molar-refractivity contribution in [1.29, 1.82) is 0 Å². The molecule has 1 aromatic carbocycles. The Morgan fingerprint density at radius 2 is 2.40 bits per heavy atom. The fourth-order valence-electron chi connectivity index (χ4n) is 2.98. The number of imidazole rings is 1. The first-order valence-corrected chi connectivity index (χ1v) is 8.66. The van der Waals surface area contributed by atoms with Crippen LogP contribution in [-0.4, -0.2) is 47.4 Å². The van der Waals surface area contributed by atoms with Crippen LogP contribution in [0.15, 0.2) is 18.2 Å². The maximum Gasteiger partial charge on any atom is 0.248 e. The molecule has 0 bridgehead atoms. The highest BCUT2D eigenvalue weighted by Crippen LogP contribution is 2.16. The van der Waals surface area contributed by atoms with Gasteiger partial charge in [0.15, 0.2) is 0 Å². The number of amides is 1. The Balaban J connectivity index is 1.47. The number of nitrogens with one attached hydrogen (secondary N) is 1. The highest BCUT2D eigenvalue weighted by atomic mass is 19.1. The van der Waals surface area contributed by atoms with Crippen LogP contribution in [0.3, 0.4) is 0 Å². The molecular formula is C18H24FN3O3. The van der Waals surface area contributed by atoms with E-state index in [0.717, 1.165) is 36.3 Å². The van der Waals surface area contributed by atoms with Crippen molar-refractivity contribution < 1.29 is 18.7 Å². The third-order valence-electron chi connectivity index (χ3n) is 4.51. The van der Waals surface area contributed by atoms with Gasteiger partial charge < -0.3 is 19.4 Å². The number of benzene rings is 1. The molecule has 0 spiro atoms. The topological polar surface area (TPSA) is 65.4 Å². The molecule has 3 rings (SSSR count). The summed E-state index contributed by atoms with van der Waals surface area (Å²) in [7, 11) is 1.85. The first-order valence-electron chi connectivity index (χ1n) is 8.66. The van der Waals surface area contributed by atoms with Crippen molar-refractivity contribution in [2.24, 2.45) is 7.05 Å². The van der Waals surface area contributed by atoms with Crippen LogP contribution >= 0.6 is 0 Å². The second-order valence-electron chi connectivity index (χ2n) is 6.37. The van der Waals surface area contributed by atoms with E-state index in [2.05, 4.69) is 10.3 Å². The first-order chi connectivity index (χ1) is 12.0. The van der Waals surface area contributed by atoms with Gasteiger partial charge in [0.2, 0.25) is 5.91 Å². The first kappa shape index (κ1) is 17.8. The molecule has 0 radical (unpaired) electrons. The van der Waals surface area contributed by atoms with Crippen LogP contribution in [0, 0.1) is 5.82 Å². The Bertz CT molecular complexity index is 740. The van der Waals surface area contributed by atoms with Gasteiger partial charge in [0.25, 0.3) is 0 Å². The molecule has 1 aromatic heterocycles. The minimum atomic E-state index is -0.515. The molecule has 2 aromatic rings. The van der Waals surface area contributed by atoms with E-state index in [-0.39, 0.29) is 17.8 Å². The van der Waals surface area contributed by atoms with E-state index in [9.17, 15) is 9.18 Å². The summed E-state index contributed by atoms with van der Waals surface area (Å²) in [5.41, 5.74) is 1.49.